The summed E-state index contributed by atoms with van der Waals surface area (Å²) in [6, 6.07) is 11.3. The molecule has 7 nitrogen and oxygen atoms in total. The van der Waals surface area contributed by atoms with Crippen LogP contribution in [0.5, 0.6) is 11.5 Å². The zero-order valence-corrected chi connectivity index (χ0v) is 15.2. The van der Waals surface area contributed by atoms with Crippen molar-refractivity contribution in [1.82, 2.24) is 10.0 Å². The number of terminal acetylenes is 1. The van der Waals surface area contributed by atoms with Gasteiger partial charge in [-0.3, -0.25) is 4.79 Å². The van der Waals surface area contributed by atoms with E-state index in [9.17, 15) is 13.2 Å². The lowest BCUT2D eigenvalue weighted by molar-refractivity contribution is 0.0954. The monoisotopic (exact) mass is 386 g/mol. The Bertz CT molecular complexity index is 978. The Morgan fingerprint density at radius 2 is 1.85 bits per heavy atom. The quantitative estimate of drug-likeness (QED) is 0.700. The van der Waals surface area contributed by atoms with E-state index >= 15 is 0 Å². The van der Waals surface area contributed by atoms with Gasteiger partial charge in [-0.25, -0.2) is 8.42 Å². The second-order valence-electron chi connectivity index (χ2n) is 5.75. The molecule has 0 atom stereocenters. The summed E-state index contributed by atoms with van der Waals surface area (Å²) in [5, 5.41) is 2.81. The Labute approximate surface area is 157 Å². The van der Waals surface area contributed by atoms with Crippen molar-refractivity contribution in [3.05, 3.63) is 53.6 Å². The van der Waals surface area contributed by atoms with Gasteiger partial charge in [-0.05, 0) is 48.4 Å². The number of nitrogens with one attached hydrogen (secondary N) is 2. The molecule has 1 aliphatic heterocycles. The van der Waals surface area contributed by atoms with E-state index in [1.165, 1.54) is 24.3 Å². The fourth-order valence-electron chi connectivity index (χ4n) is 2.52. The van der Waals surface area contributed by atoms with Gasteiger partial charge in [0.15, 0.2) is 11.5 Å². The van der Waals surface area contributed by atoms with E-state index in [0.717, 1.165) is 11.3 Å². The SMILES string of the molecule is C#CCNS(=O)(=O)c1ccc(C(=O)NCCc2ccc3c(c2)OCO3)cc1. The normalized spacial score (nSPS) is 12.4. The van der Waals surface area contributed by atoms with Crippen LogP contribution in [0.3, 0.4) is 0 Å². The summed E-state index contributed by atoms with van der Waals surface area (Å²) < 4.78 is 36.8. The van der Waals surface area contributed by atoms with Gasteiger partial charge in [0.2, 0.25) is 16.8 Å². The first kappa shape index (κ1) is 18.8. The van der Waals surface area contributed by atoms with E-state index in [0.29, 0.717) is 24.3 Å². The van der Waals surface area contributed by atoms with Crippen LogP contribution in [0, 0.1) is 12.3 Å². The maximum atomic E-state index is 12.2. The molecule has 8 heteroatoms. The van der Waals surface area contributed by atoms with Gasteiger partial charge in [-0.1, -0.05) is 12.0 Å². The molecule has 2 N–H and O–H groups in total. The molecule has 3 rings (SSSR count). The molecular weight excluding hydrogens is 368 g/mol. The van der Waals surface area contributed by atoms with Crippen LogP contribution >= 0.6 is 0 Å². The van der Waals surface area contributed by atoms with Crippen LogP contribution in [-0.2, 0) is 16.4 Å². The van der Waals surface area contributed by atoms with Gasteiger partial charge < -0.3 is 14.8 Å². The van der Waals surface area contributed by atoms with E-state index in [-0.39, 0.29) is 24.1 Å². The Morgan fingerprint density at radius 1 is 1.11 bits per heavy atom. The van der Waals surface area contributed by atoms with Gasteiger partial charge in [-0.2, -0.15) is 4.72 Å². The zero-order valence-electron chi connectivity index (χ0n) is 14.4. The summed E-state index contributed by atoms with van der Waals surface area (Å²) >= 11 is 0. The molecule has 0 aliphatic carbocycles. The number of hydrogen-bond donors (Lipinski definition) is 2. The lowest BCUT2D eigenvalue weighted by atomic mass is 10.1. The van der Waals surface area contributed by atoms with Crippen molar-refractivity contribution in [2.45, 2.75) is 11.3 Å². The molecule has 0 saturated heterocycles. The highest BCUT2D eigenvalue weighted by Crippen LogP contribution is 2.32. The van der Waals surface area contributed by atoms with Gasteiger partial charge in [0.1, 0.15) is 0 Å². The minimum absolute atomic E-state index is 0.0506. The molecule has 0 radical (unpaired) electrons. The highest BCUT2D eigenvalue weighted by atomic mass is 32.2. The summed E-state index contributed by atoms with van der Waals surface area (Å²) in [5.74, 6) is 3.34. The van der Waals surface area contributed by atoms with Crippen molar-refractivity contribution >= 4 is 15.9 Å². The number of ether oxygens (including phenoxy) is 2. The fourth-order valence-corrected chi connectivity index (χ4v) is 3.46. The minimum atomic E-state index is -3.67. The Balaban J connectivity index is 1.54. The van der Waals surface area contributed by atoms with E-state index in [4.69, 9.17) is 15.9 Å². The average Bonchev–Trinajstić information content (AvgIpc) is 3.14. The molecule has 1 amide bonds. The number of sulfonamides is 1. The largest absolute Gasteiger partial charge is 0.454 e. The molecule has 140 valence electrons. The van der Waals surface area contributed by atoms with Crippen molar-refractivity contribution < 1.29 is 22.7 Å². The lowest BCUT2D eigenvalue weighted by Crippen LogP contribution is -2.26. The van der Waals surface area contributed by atoms with Crippen LogP contribution in [0.4, 0.5) is 0 Å². The Hall–Kier alpha value is -3.02. The van der Waals surface area contributed by atoms with E-state index in [2.05, 4.69) is 16.0 Å². The standard InChI is InChI=1S/C19H18N2O5S/c1-2-10-21-27(23,24)16-6-4-15(5-7-16)19(22)20-11-9-14-3-8-17-18(12-14)26-13-25-17/h1,3-8,12,21H,9-11,13H2,(H,20,22). The van der Waals surface area contributed by atoms with Crippen molar-refractivity contribution in [2.24, 2.45) is 0 Å². The Morgan fingerprint density at radius 3 is 2.59 bits per heavy atom. The van der Waals surface area contributed by atoms with Gasteiger partial charge in [0, 0.05) is 12.1 Å². The summed E-state index contributed by atoms with van der Waals surface area (Å²) in [6.07, 6.45) is 5.68. The molecule has 0 bridgehead atoms. The first-order valence-corrected chi connectivity index (χ1v) is 9.68. The maximum absolute atomic E-state index is 12.2. The predicted octanol–water partition coefficient (Wildman–Crippen LogP) is 1.30. The first-order chi connectivity index (χ1) is 13.0. The number of hydrogen-bond acceptors (Lipinski definition) is 5. The third kappa shape index (κ3) is 4.58. The third-order valence-corrected chi connectivity index (χ3v) is 5.34. The van der Waals surface area contributed by atoms with E-state index in [1.807, 2.05) is 18.2 Å². The smallest absolute Gasteiger partial charge is 0.251 e. The molecule has 2 aromatic carbocycles. The summed E-state index contributed by atoms with van der Waals surface area (Å²) in [7, 11) is -3.67. The fraction of sp³-hybridized carbons (Fsp3) is 0.211. The van der Waals surface area contributed by atoms with Crippen LogP contribution in [0.2, 0.25) is 0 Å². The number of carbonyl (C=O) groups is 1. The van der Waals surface area contributed by atoms with Crippen LogP contribution in [0.15, 0.2) is 47.4 Å². The van der Waals surface area contributed by atoms with Crippen molar-refractivity contribution in [3.63, 3.8) is 0 Å². The molecule has 0 fully saturated rings. The topological polar surface area (TPSA) is 93.7 Å². The van der Waals surface area contributed by atoms with Crippen LogP contribution in [0.25, 0.3) is 0 Å². The Kier molecular flexibility index (Phi) is 5.64. The third-order valence-electron chi connectivity index (χ3n) is 3.93. The van der Waals surface area contributed by atoms with Gasteiger partial charge in [-0.15, -0.1) is 6.42 Å². The average molecular weight is 386 g/mol. The molecule has 27 heavy (non-hydrogen) atoms. The molecule has 2 aromatic rings. The number of fused-ring (bicyclic) bond motifs is 1. The second kappa shape index (κ2) is 8.12. The highest BCUT2D eigenvalue weighted by molar-refractivity contribution is 7.89. The molecule has 0 saturated carbocycles. The summed E-state index contributed by atoms with van der Waals surface area (Å²) in [5.41, 5.74) is 1.39. The van der Waals surface area contributed by atoms with E-state index in [1.54, 1.807) is 0 Å². The van der Waals surface area contributed by atoms with Crippen LogP contribution in [0.1, 0.15) is 15.9 Å². The van der Waals surface area contributed by atoms with Gasteiger partial charge >= 0.3 is 0 Å². The van der Waals surface area contributed by atoms with Crippen molar-refractivity contribution in [2.75, 3.05) is 19.9 Å². The molecular formula is C19H18N2O5S. The first-order valence-electron chi connectivity index (χ1n) is 8.19. The zero-order chi connectivity index (χ0) is 19.3. The molecule has 0 aromatic heterocycles. The van der Waals surface area contributed by atoms with Gasteiger partial charge in [0.05, 0.1) is 11.4 Å². The maximum Gasteiger partial charge on any atom is 0.251 e. The number of amides is 1. The number of rotatable bonds is 7. The number of benzene rings is 2. The van der Waals surface area contributed by atoms with Gasteiger partial charge in [0.25, 0.3) is 5.91 Å². The number of carbonyl (C=O) groups excluding carboxylic acids is 1. The summed E-state index contributed by atoms with van der Waals surface area (Å²) in [4.78, 5) is 12.3. The minimum Gasteiger partial charge on any atom is -0.454 e. The molecule has 0 unspecified atom stereocenters. The second-order valence-corrected chi connectivity index (χ2v) is 7.51. The lowest BCUT2D eigenvalue weighted by Gasteiger charge is -2.08. The highest BCUT2D eigenvalue weighted by Gasteiger charge is 2.15. The van der Waals surface area contributed by atoms with Crippen molar-refractivity contribution in [1.29, 1.82) is 0 Å². The summed E-state index contributed by atoms with van der Waals surface area (Å²) in [6.45, 7) is 0.562. The van der Waals surface area contributed by atoms with Crippen LogP contribution < -0.4 is 19.5 Å². The van der Waals surface area contributed by atoms with Crippen molar-refractivity contribution in [3.8, 4) is 23.8 Å². The predicted molar refractivity (Wildman–Crippen MR) is 99.1 cm³/mol. The molecule has 1 aliphatic rings. The molecule has 1 heterocycles. The van der Waals surface area contributed by atoms with Crippen LogP contribution in [-0.4, -0.2) is 34.2 Å². The van der Waals surface area contributed by atoms with E-state index < -0.39 is 10.0 Å². The molecule has 0 spiro atoms.